The fraction of sp³-hybridized carbons (Fsp3) is 0.278. The maximum Gasteiger partial charge on any atom is 0.150 e. The first-order chi connectivity index (χ1) is 10.3. The molecule has 0 bridgehead atoms. The van der Waals surface area contributed by atoms with Gasteiger partial charge in [0.25, 0.3) is 0 Å². The zero-order valence-electron chi connectivity index (χ0n) is 12.2. The van der Waals surface area contributed by atoms with Crippen LogP contribution in [0.25, 0.3) is 0 Å². The van der Waals surface area contributed by atoms with E-state index in [1.807, 2.05) is 24.3 Å². The monoisotopic (exact) mass is 284 g/mol. The molecule has 110 valence electrons. The minimum Gasteiger partial charge on any atom is -0.496 e. The van der Waals surface area contributed by atoms with E-state index in [4.69, 9.17) is 9.47 Å². The second-order valence-electron chi connectivity index (χ2n) is 4.83. The Balaban J connectivity index is 1.79. The van der Waals surface area contributed by atoms with E-state index in [-0.39, 0.29) is 0 Å². The standard InChI is InChI=1S/C18H20O3/c1-20-18-10-9-16(13-19)12-17(18)14-21-11-5-8-15-6-3-2-4-7-15/h2-4,6-7,9-10,12-13H,5,8,11,14H2,1H3. The van der Waals surface area contributed by atoms with E-state index in [9.17, 15) is 4.79 Å². The lowest BCUT2D eigenvalue weighted by atomic mass is 10.1. The summed E-state index contributed by atoms with van der Waals surface area (Å²) in [7, 11) is 1.62. The highest BCUT2D eigenvalue weighted by molar-refractivity contribution is 5.75. The van der Waals surface area contributed by atoms with Crippen LogP contribution in [0.5, 0.6) is 5.75 Å². The molecule has 0 aliphatic carbocycles. The van der Waals surface area contributed by atoms with E-state index in [0.29, 0.717) is 18.8 Å². The van der Waals surface area contributed by atoms with E-state index in [0.717, 1.165) is 30.4 Å². The third kappa shape index (κ3) is 4.72. The van der Waals surface area contributed by atoms with Crippen molar-refractivity contribution in [3.63, 3.8) is 0 Å². The van der Waals surface area contributed by atoms with Crippen molar-refractivity contribution in [1.82, 2.24) is 0 Å². The molecule has 0 saturated heterocycles. The van der Waals surface area contributed by atoms with Crippen LogP contribution in [0.2, 0.25) is 0 Å². The normalized spacial score (nSPS) is 10.3. The first-order valence-electron chi connectivity index (χ1n) is 7.07. The van der Waals surface area contributed by atoms with Gasteiger partial charge in [-0.2, -0.15) is 0 Å². The number of carbonyl (C=O) groups excluding carboxylic acids is 1. The molecule has 0 aliphatic heterocycles. The Morgan fingerprint density at radius 1 is 1.10 bits per heavy atom. The number of hydrogen-bond donors (Lipinski definition) is 0. The Hall–Kier alpha value is -2.13. The van der Waals surface area contributed by atoms with Crippen LogP contribution in [0.4, 0.5) is 0 Å². The van der Waals surface area contributed by atoms with Crippen LogP contribution in [0.15, 0.2) is 48.5 Å². The number of rotatable bonds is 8. The topological polar surface area (TPSA) is 35.5 Å². The summed E-state index contributed by atoms with van der Waals surface area (Å²) in [5.41, 5.74) is 2.86. The van der Waals surface area contributed by atoms with Gasteiger partial charge in [-0.3, -0.25) is 4.79 Å². The van der Waals surface area contributed by atoms with Gasteiger partial charge in [0.15, 0.2) is 0 Å². The predicted octanol–water partition coefficient (Wildman–Crippen LogP) is 3.66. The van der Waals surface area contributed by atoms with Crippen molar-refractivity contribution in [3.8, 4) is 5.75 Å². The maximum atomic E-state index is 10.8. The molecule has 0 radical (unpaired) electrons. The average Bonchev–Trinajstić information content (AvgIpc) is 2.55. The largest absolute Gasteiger partial charge is 0.496 e. The molecule has 0 atom stereocenters. The van der Waals surface area contributed by atoms with Crippen LogP contribution in [-0.4, -0.2) is 20.0 Å². The summed E-state index contributed by atoms with van der Waals surface area (Å²) in [6, 6.07) is 15.7. The minimum absolute atomic E-state index is 0.458. The molecule has 0 unspecified atom stereocenters. The van der Waals surface area contributed by atoms with Crippen molar-refractivity contribution in [1.29, 1.82) is 0 Å². The predicted molar refractivity (Wildman–Crippen MR) is 82.8 cm³/mol. The van der Waals surface area contributed by atoms with E-state index in [1.54, 1.807) is 19.2 Å². The van der Waals surface area contributed by atoms with E-state index in [1.165, 1.54) is 5.56 Å². The summed E-state index contributed by atoms with van der Waals surface area (Å²) in [6.07, 6.45) is 2.81. The highest BCUT2D eigenvalue weighted by Crippen LogP contribution is 2.20. The minimum atomic E-state index is 0.458. The molecule has 0 saturated carbocycles. The molecular formula is C18H20O3. The Morgan fingerprint density at radius 3 is 2.62 bits per heavy atom. The number of ether oxygens (including phenoxy) is 2. The van der Waals surface area contributed by atoms with Crippen LogP contribution < -0.4 is 4.74 Å². The summed E-state index contributed by atoms with van der Waals surface area (Å²) < 4.78 is 11.0. The van der Waals surface area contributed by atoms with Crippen molar-refractivity contribution in [2.45, 2.75) is 19.4 Å². The molecule has 3 heteroatoms. The number of methoxy groups -OCH3 is 1. The third-order valence-electron chi connectivity index (χ3n) is 3.30. The zero-order chi connectivity index (χ0) is 14.9. The summed E-state index contributed by atoms with van der Waals surface area (Å²) in [5.74, 6) is 0.753. The maximum absolute atomic E-state index is 10.8. The molecule has 0 aliphatic rings. The quantitative estimate of drug-likeness (QED) is 0.548. The van der Waals surface area contributed by atoms with Crippen molar-refractivity contribution < 1.29 is 14.3 Å². The first kappa shape index (κ1) is 15.3. The van der Waals surface area contributed by atoms with Crippen molar-refractivity contribution in [2.24, 2.45) is 0 Å². The lowest BCUT2D eigenvalue weighted by Gasteiger charge is -2.10. The summed E-state index contributed by atoms with van der Waals surface area (Å²) >= 11 is 0. The number of carbonyl (C=O) groups is 1. The first-order valence-corrected chi connectivity index (χ1v) is 7.07. The molecule has 3 nitrogen and oxygen atoms in total. The molecule has 0 amide bonds. The van der Waals surface area contributed by atoms with Gasteiger partial charge in [0.2, 0.25) is 0 Å². The van der Waals surface area contributed by atoms with Gasteiger partial charge < -0.3 is 9.47 Å². The van der Waals surface area contributed by atoms with Gasteiger partial charge in [0.05, 0.1) is 13.7 Å². The van der Waals surface area contributed by atoms with Crippen LogP contribution in [-0.2, 0) is 17.8 Å². The molecular weight excluding hydrogens is 264 g/mol. The van der Waals surface area contributed by atoms with Gasteiger partial charge in [0, 0.05) is 17.7 Å². The lowest BCUT2D eigenvalue weighted by molar-refractivity contribution is 0.111. The molecule has 0 N–H and O–H groups in total. The Kier molecular flexibility index (Phi) is 5.98. The highest BCUT2D eigenvalue weighted by Gasteiger charge is 2.04. The van der Waals surface area contributed by atoms with Crippen LogP contribution in [0.3, 0.4) is 0 Å². The molecule has 0 aromatic heterocycles. The Labute approximate surface area is 125 Å². The Bertz CT molecular complexity index is 564. The van der Waals surface area contributed by atoms with Gasteiger partial charge in [-0.1, -0.05) is 30.3 Å². The molecule has 2 aromatic rings. The molecule has 2 rings (SSSR count). The van der Waals surface area contributed by atoms with Crippen molar-refractivity contribution >= 4 is 6.29 Å². The van der Waals surface area contributed by atoms with Gasteiger partial charge in [0.1, 0.15) is 12.0 Å². The molecule has 0 spiro atoms. The van der Waals surface area contributed by atoms with Crippen LogP contribution in [0.1, 0.15) is 27.9 Å². The van der Waals surface area contributed by atoms with Gasteiger partial charge in [-0.25, -0.2) is 0 Å². The zero-order valence-corrected chi connectivity index (χ0v) is 12.2. The van der Waals surface area contributed by atoms with Gasteiger partial charge >= 0.3 is 0 Å². The second kappa shape index (κ2) is 8.22. The molecule has 0 heterocycles. The van der Waals surface area contributed by atoms with Crippen molar-refractivity contribution in [3.05, 3.63) is 65.2 Å². The number of aldehydes is 1. The van der Waals surface area contributed by atoms with E-state index in [2.05, 4.69) is 12.1 Å². The van der Waals surface area contributed by atoms with Gasteiger partial charge in [-0.15, -0.1) is 0 Å². The van der Waals surface area contributed by atoms with Crippen molar-refractivity contribution in [2.75, 3.05) is 13.7 Å². The number of benzene rings is 2. The fourth-order valence-electron chi connectivity index (χ4n) is 2.19. The lowest BCUT2D eigenvalue weighted by Crippen LogP contribution is -2.00. The molecule has 21 heavy (non-hydrogen) atoms. The van der Waals surface area contributed by atoms with E-state index < -0.39 is 0 Å². The number of aryl methyl sites for hydroxylation is 1. The average molecular weight is 284 g/mol. The smallest absolute Gasteiger partial charge is 0.150 e. The summed E-state index contributed by atoms with van der Waals surface area (Å²) in [6.45, 7) is 1.14. The van der Waals surface area contributed by atoms with Crippen LogP contribution >= 0.6 is 0 Å². The third-order valence-corrected chi connectivity index (χ3v) is 3.30. The SMILES string of the molecule is COc1ccc(C=O)cc1COCCCc1ccccc1. The molecule has 0 fully saturated rings. The highest BCUT2D eigenvalue weighted by atomic mass is 16.5. The fourth-order valence-corrected chi connectivity index (χ4v) is 2.19. The van der Waals surface area contributed by atoms with E-state index >= 15 is 0 Å². The molecule has 2 aromatic carbocycles. The van der Waals surface area contributed by atoms with Gasteiger partial charge in [-0.05, 0) is 36.6 Å². The van der Waals surface area contributed by atoms with Crippen LogP contribution in [0, 0.1) is 0 Å². The summed E-state index contributed by atoms with van der Waals surface area (Å²) in [5, 5.41) is 0. The number of hydrogen-bond acceptors (Lipinski definition) is 3. The summed E-state index contributed by atoms with van der Waals surface area (Å²) in [4.78, 5) is 10.8. The Morgan fingerprint density at radius 2 is 1.90 bits per heavy atom. The second-order valence-corrected chi connectivity index (χ2v) is 4.83.